The third kappa shape index (κ3) is 4.66. The van der Waals surface area contributed by atoms with Crippen LogP contribution >= 0.6 is 0 Å². The van der Waals surface area contributed by atoms with Crippen LogP contribution in [0.1, 0.15) is 5.56 Å². The molecule has 0 N–H and O–H groups in total. The first-order chi connectivity index (χ1) is 7.33. The summed E-state index contributed by atoms with van der Waals surface area (Å²) >= 11 is 0. The quantitative estimate of drug-likeness (QED) is 0.416. The molecule has 1 aromatic rings. The second-order valence-electron chi connectivity index (χ2n) is 2.51. The molecule has 5 heteroatoms. The smallest absolute Gasteiger partial charge is 0.429 e. The Labute approximate surface area is 86.6 Å². The Kier molecular flexibility index (Phi) is 4.72. The van der Waals surface area contributed by atoms with Gasteiger partial charge < -0.3 is 14.2 Å². The summed E-state index contributed by atoms with van der Waals surface area (Å²) in [5, 5.41) is 0. The monoisotopic (exact) mass is 209 g/mol. The lowest BCUT2D eigenvalue weighted by atomic mass is 10.2. The fraction of sp³-hybridized carbons (Fsp3) is 0.200. The van der Waals surface area contributed by atoms with E-state index in [-0.39, 0.29) is 6.61 Å². The van der Waals surface area contributed by atoms with E-state index in [0.29, 0.717) is 0 Å². The standard InChI is InChI=1S/C10H9O5/c11-7-13-8-15-10(12)14-6-9-4-2-1-3-5-9/h1-5H,6,8H2. The van der Waals surface area contributed by atoms with Gasteiger partial charge in [0.2, 0.25) is 6.79 Å². The SMILES string of the molecule is O=[C]OCOC(=O)OCc1ccccc1. The Bertz CT molecular complexity index is 309. The molecule has 0 aromatic heterocycles. The molecule has 5 nitrogen and oxygen atoms in total. The van der Waals surface area contributed by atoms with Gasteiger partial charge >= 0.3 is 12.6 Å². The highest BCUT2D eigenvalue weighted by atomic mass is 16.8. The van der Waals surface area contributed by atoms with Crippen molar-refractivity contribution in [1.29, 1.82) is 0 Å². The Morgan fingerprint density at radius 2 is 1.93 bits per heavy atom. The zero-order valence-corrected chi connectivity index (χ0v) is 7.84. The number of benzene rings is 1. The third-order valence-corrected chi connectivity index (χ3v) is 1.49. The van der Waals surface area contributed by atoms with Crippen molar-refractivity contribution in [3.63, 3.8) is 0 Å². The second kappa shape index (κ2) is 6.42. The molecule has 0 saturated heterocycles. The molecule has 0 aliphatic rings. The van der Waals surface area contributed by atoms with Crippen LogP contribution in [-0.2, 0) is 25.6 Å². The van der Waals surface area contributed by atoms with Crippen molar-refractivity contribution in [1.82, 2.24) is 0 Å². The van der Waals surface area contributed by atoms with Gasteiger partial charge in [0.1, 0.15) is 6.61 Å². The van der Waals surface area contributed by atoms with E-state index >= 15 is 0 Å². The zero-order chi connectivity index (χ0) is 10.9. The van der Waals surface area contributed by atoms with E-state index in [1.165, 1.54) is 0 Å². The number of rotatable bonds is 5. The summed E-state index contributed by atoms with van der Waals surface area (Å²) in [6, 6.07) is 9.13. The fourth-order valence-electron chi connectivity index (χ4n) is 0.860. The van der Waals surface area contributed by atoms with Crippen molar-refractivity contribution in [3.05, 3.63) is 35.9 Å². The van der Waals surface area contributed by atoms with Gasteiger partial charge in [0.05, 0.1) is 0 Å². The largest absolute Gasteiger partial charge is 0.511 e. The van der Waals surface area contributed by atoms with Crippen molar-refractivity contribution in [3.8, 4) is 0 Å². The highest BCUT2D eigenvalue weighted by Crippen LogP contribution is 2.01. The van der Waals surface area contributed by atoms with E-state index in [0.717, 1.165) is 12.0 Å². The van der Waals surface area contributed by atoms with Crippen LogP contribution in [-0.4, -0.2) is 19.4 Å². The Morgan fingerprint density at radius 3 is 2.60 bits per heavy atom. The van der Waals surface area contributed by atoms with Gasteiger partial charge in [0.25, 0.3) is 0 Å². The minimum absolute atomic E-state index is 0.116. The van der Waals surface area contributed by atoms with E-state index in [4.69, 9.17) is 4.74 Å². The van der Waals surface area contributed by atoms with E-state index in [2.05, 4.69) is 9.47 Å². The maximum absolute atomic E-state index is 10.8. The van der Waals surface area contributed by atoms with Crippen LogP contribution in [0.3, 0.4) is 0 Å². The van der Waals surface area contributed by atoms with Crippen LogP contribution in [0.4, 0.5) is 4.79 Å². The van der Waals surface area contributed by atoms with Gasteiger partial charge in [-0.3, -0.25) is 0 Å². The van der Waals surface area contributed by atoms with Gasteiger partial charge in [-0.25, -0.2) is 9.59 Å². The molecule has 0 amide bonds. The summed E-state index contributed by atoms with van der Waals surface area (Å²) in [5.41, 5.74) is 0.845. The van der Waals surface area contributed by atoms with E-state index in [1.54, 1.807) is 0 Å². The predicted octanol–water partition coefficient (Wildman–Crippen LogP) is 1.38. The molecule has 0 saturated carbocycles. The lowest BCUT2D eigenvalue weighted by Gasteiger charge is -2.04. The molecule has 0 spiro atoms. The van der Waals surface area contributed by atoms with Crippen LogP contribution in [0.15, 0.2) is 30.3 Å². The predicted molar refractivity (Wildman–Crippen MR) is 49.4 cm³/mol. The number of carbonyl (C=O) groups excluding carboxylic acids is 2. The molecule has 0 heterocycles. The summed E-state index contributed by atoms with van der Waals surface area (Å²) in [7, 11) is 0. The fourth-order valence-corrected chi connectivity index (χ4v) is 0.860. The topological polar surface area (TPSA) is 61.8 Å². The van der Waals surface area contributed by atoms with E-state index in [1.807, 2.05) is 30.3 Å². The van der Waals surface area contributed by atoms with E-state index in [9.17, 15) is 9.59 Å². The molecule has 1 rings (SSSR count). The van der Waals surface area contributed by atoms with Gasteiger partial charge in [-0.1, -0.05) is 30.3 Å². The Morgan fingerprint density at radius 1 is 1.20 bits per heavy atom. The Balaban J connectivity index is 2.20. The normalized spacial score (nSPS) is 9.07. The van der Waals surface area contributed by atoms with Crippen LogP contribution in [0.25, 0.3) is 0 Å². The summed E-state index contributed by atoms with van der Waals surface area (Å²) in [5.74, 6) is 0. The Hall–Kier alpha value is -2.04. The first-order valence-electron chi connectivity index (χ1n) is 4.15. The zero-order valence-electron chi connectivity index (χ0n) is 7.84. The van der Waals surface area contributed by atoms with Crippen molar-refractivity contribution in [2.24, 2.45) is 0 Å². The molecule has 0 fully saturated rings. The highest BCUT2D eigenvalue weighted by molar-refractivity contribution is 5.59. The lowest BCUT2D eigenvalue weighted by Crippen LogP contribution is -2.09. The number of carbonyl (C=O) groups is 1. The maximum Gasteiger partial charge on any atom is 0.511 e. The van der Waals surface area contributed by atoms with Crippen molar-refractivity contribution >= 4 is 12.6 Å². The molecule has 1 aromatic carbocycles. The molecule has 1 radical (unpaired) electrons. The molecule has 79 valence electrons. The highest BCUT2D eigenvalue weighted by Gasteiger charge is 2.03. The maximum atomic E-state index is 10.8. The van der Waals surface area contributed by atoms with Crippen molar-refractivity contribution < 1.29 is 23.8 Å². The molecular weight excluding hydrogens is 200 g/mol. The van der Waals surface area contributed by atoms with E-state index < -0.39 is 12.9 Å². The van der Waals surface area contributed by atoms with Gasteiger partial charge in [-0.05, 0) is 5.56 Å². The van der Waals surface area contributed by atoms with Crippen LogP contribution < -0.4 is 0 Å². The summed E-state index contributed by atoms with van der Waals surface area (Å²) in [6.45, 7) is 0.741. The molecule has 15 heavy (non-hydrogen) atoms. The average Bonchev–Trinajstić information content (AvgIpc) is 2.28. The minimum atomic E-state index is -0.894. The molecular formula is C10H9O5. The van der Waals surface area contributed by atoms with Gasteiger partial charge in [-0.15, -0.1) is 0 Å². The van der Waals surface area contributed by atoms with Crippen molar-refractivity contribution in [2.45, 2.75) is 6.61 Å². The minimum Gasteiger partial charge on any atom is -0.429 e. The summed E-state index contributed by atoms with van der Waals surface area (Å²) in [6.07, 6.45) is -0.894. The van der Waals surface area contributed by atoms with Gasteiger partial charge in [-0.2, -0.15) is 0 Å². The third-order valence-electron chi connectivity index (χ3n) is 1.49. The molecule has 0 bridgehead atoms. The van der Waals surface area contributed by atoms with Gasteiger partial charge in [0.15, 0.2) is 0 Å². The number of ether oxygens (including phenoxy) is 3. The molecule has 0 atom stereocenters. The first kappa shape index (κ1) is 11.0. The number of hydrogen-bond donors (Lipinski definition) is 0. The summed E-state index contributed by atoms with van der Waals surface area (Å²) < 4.78 is 13.1. The lowest BCUT2D eigenvalue weighted by molar-refractivity contribution is -0.00427. The first-order valence-corrected chi connectivity index (χ1v) is 4.15. The van der Waals surface area contributed by atoms with Crippen LogP contribution in [0.2, 0.25) is 0 Å². The molecule has 0 unspecified atom stereocenters. The summed E-state index contributed by atoms with van der Waals surface area (Å²) in [4.78, 5) is 20.4. The molecule has 0 aliphatic carbocycles. The second-order valence-corrected chi connectivity index (χ2v) is 2.51. The molecule has 0 aliphatic heterocycles. The van der Waals surface area contributed by atoms with Gasteiger partial charge in [0, 0.05) is 0 Å². The van der Waals surface area contributed by atoms with Crippen molar-refractivity contribution in [2.75, 3.05) is 6.79 Å². The van der Waals surface area contributed by atoms with Crippen LogP contribution in [0, 0.1) is 0 Å². The van der Waals surface area contributed by atoms with Crippen LogP contribution in [0.5, 0.6) is 0 Å². The average molecular weight is 209 g/mol. The number of hydrogen-bond acceptors (Lipinski definition) is 5.